The third-order valence-corrected chi connectivity index (χ3v) is 16.3. The lowest BCUT2D eigenvalue weighted by Crippen LogP contribution is -2.32. The molecular weight excluding hydrogens is 760 g/mol. The molecule has 2 aliphatic rings. The topological polar surface area (TPSA) is 52.1 Å². The lowest BCUT2D eigenvalue weighted by Gasteiger charge is -2.39. The molecule has 12 rings (SSSR count). The third-order valence-electron chi connectivity index (χ3n) is 12.1. The van der Waals surface area contributed by atoms with Crippen molar-refractivity contribution in [2.75, 3.05) is 0 Å². The number of ether oxygens (including phenoxy) is 1. The zero-order valence-corrected chi connectivity index (χ0v) is 33.3. The summed E-state index contributed by atoms with van der Waals surface area (Å²) in [5.41, 5.74) is 10.3. The summed E-state index contributed by atoms with van der Waals surface area (Å²) < 4.78 is 24.0. The zero-order valence-electron chi connectivity index (χ0n) is 31.6. The summed E-state index contributed by atoms with van der Waals surface area (Å²) in [5, 5.41) is 3.48. The number of rotatable bonds is 5. The Kier molecular flexibility index (Phi) is 7.56. The highest BCUT2D eigenvalue weighted by molar-refractivity contribution is 7.85. The van der Waals surface area contributed by atoms with Crippen molar-refractivity contribution in [3.63, 3.8) is 0 Å². The van der Waals surface area contributed by atoms with E-state index in [1.807, 2.05) is 97.1 Å². The molecule has 4 nitrogen and oxygen atoms in total. The van der Waals surface area contributed by atoms with Crippen molar-refractivity contribution in [1.82, 2.24) is 9.97 Å². The maximum absolute atomic E-state index is 15.2. The summed E-state index contributed by atoms with van der Waals surface area (Å²) in [6, 6.07) is 68.7. The van der Waals surface area contributed by atoms with Crippen molar-refractivity contribution in [2.24, 2.45) is 0 Å². The van der Waals surface area contributed by atoms with Gasteiger partial charge in [0.15, 0.2) is 13.0 Å². The average molecular weight is 793 g/mol. The van der Waals surface area contributed by atoms with Crippen LogP contribution in [0, 0.1) is 0 Å². The Hall–Kier alpha value is -6.91. The molecule has 2 aromatic heterocycles. The van der Waals surface area contributed by atoms with Crippen LogP contribution in [0.2, 0.25) is 0 Å². The first-order valence-corrected chi connectivity index (χ1v) is 22.3. The quantitative estimate of drug-likeness (QED) is 0.163. The number of fused-ring (bicyclic) bond motifs is 12. The summed E-state index contributed by atoms with van der Waals surface area (Å²) in [7, 11) is -3.14. The molecule has 10 aromatic rings. The first kappa shape index (κ1) is 34.2. The molecular formula is C53H33N2O2PS. The molecule has 3 heterocycles. The second-order valence-corrected chi connectivity index (χ2v) is 19.0. The van der Waals surface area contributed by atoms with Gasteiger partial charge in [-0.15, -0.1) is 11.3 Å². The van der Waals surface area contributed by atoms with Gasteiger partial charge in [-0.2, -0.15) is 0 Å². The van der Waals surface area contributed by atoms with Gasteiger partial charge in [-0.05, 0) is 46.5 Å². The van der Waals surface area contributed by atoms with Crippen molar-refractivity contribution in [3.05, 3.63) is 222 Å². The molecule has 0 amide bonds. The van der Waals surface area contributed by atoms with Gasteiger partial charge < -0.3 is 9.30 Å². The van der Waals surface area contributed by atoms with E-state index in [1.54, 1.807) is 11.3 Å². The molecule has 0 N–H and O–H groups in total. The van der Waals surface area contributed by atoms with Gasteiger partial charge in [0.05, 0.1) is 21.3 Å². The Balaban J connectivity index is 1.05. The Morgan fingerprint density at radius 3 is 1.71 bits per heavy atom. The summed E-state index contributed by atoms with van der Waals surface area (Å²) >= 11 is 1.73. The van der Waals surface area contributed by atoms with Crippen LogP contribution in [0.3, 0.4) is 0 Å². The minimum atomic E-state index is -3.14. The average Bonchev–Trinajstić information content (AvgIpc) is 3.83. The van der Waals surface area contributed by atoms with Crippen LogP contribution in [0.15, 0.2) is 200 Å². The van der Waals surface area contributed by atoms with Gasteiger partial charge in [0, 0.05) is 48.3 Å². The SMILES string of the molecule is O=P(c1ccccc1)(c1ccccc1)c1ccc(-c2nc(-c3ccc4c(c3)-c3ccccc3C43c4ccccc4Oc4ccccc43)c3sc4ccccc4c3n2)cc1. The fourth-order valence-electron chi connectivity index (χ4n) is 9.47. The van der Waals surface area contributed by atoms with E-state index in [9.17, 15) is 0 Å². The fraction of sp³-hybridized carbons (Fsp3) is 0.0189. The summed E-state index contributed by atoms with van der Waals surface area (Å²) in [5.74, 6) is 2.38. The maximum Gasteiger partial charge on any atom is 0.171 e. The first-order chi connectivity index (χ1) is 29.1. The smallest absolute Gasteiger partial charge is 0.171 e. The molecule has 0 fully saturated rings. The Morgan fingerprint density at radius 2 is 1.02 bits per heavy atom. The molecule has 0 unspecified atom stereocenters. The standard InChI is InChI=1S/C53H33N2O2PS/c56-58(36-15-3-1-4-16-36,37-17-5-2-6-18-37)38-30-27-34(28-31-38)52-54-49(51-50(55-52)40-20-8-14-26-48(40)59-51)35-29-32-43-41(33-35)39-19-7-9-21-42(39)53(43)44-22-10-12-24-46(44)57-47-25-13-11-23-45(47)53/h1-33H. The van der Waals surface area contributed by atoms with E-state index in [2.05, 4.69) is 103 Å². The summed E-state index contributed by atoms with van der Waals surface area (Å²) in [6.45, 7) is 0. The number of thiophene rings is 1. The highest BCUT2D eigenvalue weighted by atomic mass is 32.1. The van der Waals surface area contributed by atoms with Crippen LogP contribution in [0.4, 0.5) is 0 Å². The van der Waals surface area contributed by atoms with E-state index < -0.39 is 12.6 Å². The van der Waals surface area contributed by atoms with Crippen molar-refractivity contribution >= 4 is 54.7 Å². The van der Waals surface area contributed by atoms with Gasteiger partial charge in [-0.1, -0.05) is 176 Å². The highest BCUT2D eigenvalue weighted by Gasteiger charge is 2.51. The van der Waals surface area contributed by atoms with Crippen LogP contribution >= 0.6 is 18.5 Å². The number of hydrogen-bond donors (Lipinski definition) is 0. The van der Waals surface area contributed by atoms with Gasteiger partial charge in [-0.25, -0.2) is 9.97 Å². The Morgan fingerprint density at radius 1 is 0.475 bits per heavy atom. The number of nitrogens with zero attached hydrogens (tertiary/aromatic N) is 2. The van der Waals surface area contributed by atoms with Gasteiger partial charge in [0.1, 0.15) is 11.5 Å². The monoisotopic (exact) mass is 792 g/mol. The fourth-order valence-corrected chi connectivity index (χ4v) is 13.3. The van der Waals surface area contributed by atoms with E-state index in [1.165, 1.54) is 22.3 Å². The van der Waals surface area contributed by atoms with E-state index in [0.717, 1.165) is 75.7 Å². The lowest BCUT2D eigenvalue weighted by molar-refractivity contribution is 0.436. The van der Waals surface area contributed by atoms with Crippen LogP contribution in [0.5, 0.6) is 11.5 Å². The van der Waals surface area contributed by atoms with Gasteiger partial charge >= 0.3 is 0 Å². The molecule has 6 heteroatoms. The normalized spacial score (nSPS) is 13.4. The predicted molar refractivity (Wildman–Crippen MR) is 243 cm³/mol. The molecule has 59 heavy (non-hydrogen) atoms. The molecule has 1 aliphatic heterocycles. The molecule has 1 spiro atoms. The number of aromatic nitrogens is 2. The molecule has 8 aromatic carbocycles. The highest BCUT2D eigenvalue weighted by Crippen LogP contribution is 2.62. The lowest BCUT2D eigenvalue weighted by atomic mass is 9.66. The molecule has 0 saturated heterocycles. The van der Waals surface area contributed by atoms with Crippen LogP contribution < -0.4 is 20.7 Å². The van der Waals surface area contributed by atoms with Gasteiger partial charge in [0.25, 0.3) is 0 Å². The minimum absolute atomic E-state index is 0.541. The van der Waals surface area contributed by atoms with Gasteiger partial charge in [0.2, 0.25) is 0 Å². The minimum Gasteiger partial charge on any atom is -0.457 e. The van der Waals surface area contributed by atoms with E-state index in [0.29, 0.717) is 5.82 Å². The molecule has 278 valence electrons. The van der Waals surface area contributed by atoms with Crippen LogP contribution in [-0.2, 0) is 9.98 Å². The van der Waals surface area contributed by atoms with Crippen molar-refractivity contribution in [1.29, 1.82) is 0 Å². The molecule has 0 bridgehead atoms. The Labute approximate surface area is 345 Å². The van der Waals surface area contributed by atoms with Gasteiger partial charge in [-0.3, -0.25) is 0 Å². The summed E-state index contributed by atoms with van der Waals surface area (Å²) in [6.07, 6.45) is 0. The van der Waals surface area contributed by atoms with Crippen LogP contribution in [-0.4, -0.2) is 9.97 Å². The predicted octanol–water partition coefficient (Wildman–Crippen LogP) is 12.3. The Bertz CT molecular complexity index is 3250. The van der Waals surface area contributed by atoms with E-state index >= 15 is 4.57 Å². The summed E-state index contributed by atoms with van der Waals surface area (Å²) in [4.78, 5) is 10.7. The molecule has 1 aliphatic carbocycles. The first-order valence-electron chi connectivity index (χ1n) is 19.8. The van der Waals surface area contributed by atoms with Crippen molar-refractivity contribution in [3.8, 4) is 45.3 Å². The number of hydrogen-bond acceptors (Lipinski definition) is 5. The van der Waals surface area contributed by atoms with Crippen LogP contribution in [0.25, 0.3) is 54.1 Å². The zero-order chi connectivity index (χ0) is 39.1. The molecule has 0 saturated carbocycles. The second kappa shape index (κ2) is 13.1. The van der Waals surface area contributed by atoms with Crippen molar-refractivity contribution in [2.45, 2.75) is 5.41 Å². The molecule has 0 radical (unpaired) electrons. The number of benzene rings is 8. The van der Waals surface area contributed by atoms with E-state index in [-0.39, 0.29) is 0 Å². The number of para-hydroxylation sites is 2. The van der Waals surface area contributed by atoms with E-state index in [4.69, 9.17) is 14.7 Å². The second-order valence-electron chi connectivity index (χ2n) is 15.1. The largest absolute Gasteiger partial charge is 0.457 e. The third kappa shape index (κ3) is 4.93. The maximum atomic E-state index is 15.2. The van der Waals surface area contributed by atoms with Crippen LogP contribution in [0.1, 0.15) is 22.3 Å². The molecule has 0 atom stereocenters. The van der Waals surface area contributed by atoms with Crippen molar-refractivity contribution < 1.29 is 9.30 Å².